The molecule has 5 rings (SSSR count). The number of rotatable bonds is 4. The zero-order valence-electron chi connectivity index (χ0n) is 18.7. The number of benzene rings is 1. The Morgan fingerprint density at radius 3 is 2.53 bits per heavy atom. The summed E-state index contributed by atoms with van der Waals surface area (Å²) >= 11 is 6.35. The zero-order valence-corrected chi connectivity index (χ0v) is 19.5. The van der Waals surface area contributed by atoms with Gasteiger partial charge in [0.1, 0.15) is 11.3 Å². The van der Waals surface area contributed by atoms with Crippen molar-refractivity contribution in [2.24, 2.45) is 14.1 Å². The van der Waals surface area contributed by atoms with E-state index in [0.29, 0.717) is 27.8 Å². The molecule has 0 amide bonds. The van der Waals surface area contributed by atoms with Crippen molar-refractivity contribution in [1.82, 2.24) is 28.9 Å². The first kappa shape index (κ1) is 21.7. The van der Waals surface area contributed by atoms with Crippen LogP contribution >= 0.6 is 11.6 Å². The van der Waals surface area contributed by atoms with E-state index in [2.05, 4.69) is 15.1 Å². The van der Waals surface area contributed by atoms with Crippen LogP contribution in [0.5, 0.6) is 5.88 Å². The summed E-state index contributed by atoms with van der Waals surface area (Å²) in [5.74, 6) is -0.386. The predicted molar refractivity (Wildman–Crippen MR) is 127 cm³/mol. The lowest BCUT2D eigenvalue weighted by molar-refractivity contribution is 0.0596. The maximum Gasteiger partial charge on any atom is 0.343 e. The second-order valence-electron chi connectivity index (χ2n) is 7.65. The summed E-state index contributed by atoms with van der Waals surface area (Å²) < 4.78 is 14.7. The van der Waals surface area contributed by atoms with Gasteiger partial charge >= 0.3 is 11.7 Å². The van der Waals surface area contributed by atoms with Crippen LogP contribution in [0.15, 0.2) is 47.7 Å². The average molecular weight is 479 g/mol. The van der Waals surface area contributed by atoms with E-state index in [-0.39, 0.29) is 22.3 Å². The van der Waals surface area contributed by atoms with Crippen LogP contribution in [0.4, 0.5) is 0 Å². The van der Waals surface area contributed by atoms with Crippen LogP contribution in [0.1, 0.15) is 10.4 Å². The van der Waals surface area contributed by atoms with Gasteiger partial charge in [0.2, 0.25) is 5.88 Å². The largest absolute Gasteiger partial charge is 0.480 e. The molecule has 4 aromatic heterocycles. The highest BCUT2D eigenvalue weighted by Gasteiger charge is 2.21. The third kappa shape index (κ3) is 3.22. The Hall–Kier alpha value is -4.18. The number of fused-ring (bicyclic) bond motifs is 3. The number of hydrogen-bond donors (Lipinski definition) is 0. The second kappa shape index (κ2) is 7.99. The van der Waals surface area contributed by atoms with Crippen LogP contribution in [0.25, 0.3) is 38.8 Å². The fourth-order valence-electron chi connectivity index (χ4n) is 4.03. The summed E-state index contributed by atoms with van der Waals surface area (Å²) in [6.07, 6.45) is 4.95. The fourth-order valence-corrected chi connectivity index (χ4v) is 4.28. The van der Waals surface area contributed by atoms with Crippen LogP contribution in [0.3, 0.4) is 0 Å². The van der Waals surface area contributed by atoms with E-state index in [9.17, 15) is 9.59 Å². The molecule has 5 aromatic rings. The molecule has 0 aliphatic heterocycles. The highest BCUT2D eigenvalue weighted by atomic mass is 35.5. The van der Waals surface area contributed by atoms with E-state index in [4.69, 9.17) is 21.1 Å². The number of pyridine rings is 2. The highest BCUT2D eigenvalue weighted by molar-refractivity contribution is 6.31. The van der Waals surface area contributed by atoms with Crippen LogP contribution in [0, 0.1) is 0 Å². The Morgan fingerprint density at radius 2 is 1.85 bits per heavy atom. The van der Waals surface area contributed by atoms with Crippen molar-refractivity contribution in [1.29, 1.82) is 0 Å². The van der Waals surface area contributed by atoms with Crippen LogP contribution in [-0.4, -0.2) is 49.1 Å². The molecule has 1 aromatic carbocycles. The molecular weight excluding hydrogens is 460 g/mol. The third-order valence-corrected chi connectivity index (χ3v) is 5.94. The maximum atomic E-state index is 13.2. The van der Waals surface area contributed by atoms with Crippen molar-refractivity contribution in [2.75, 3.05) is 14.2 Å². The number of ether oxygens (including phenoxy) is 2. The number of esters is 1. The molecule has 0 aliphatic carbocycles. The van der Waals surface area contributed by atoms with Crippen LogP contribution < -0.4 is 10.4 Å². The Labute approximate surface area is 197 Å². The molecule has 34 heavy (non-hydrogen) atoms. The van der Waals surface area contributed by atoms with Crippen LogP contribution in [-0.2, 0) is 18.8 Å². The number of halogens is 1. The van der Waals surface area contributed by atoms with Crippen molar-refractivity contribution in [3.8, 4) is 22.7 Å². The molecule has 172 valence electrons. The molecule has 0 radical (unpaired) electrons. The Balaban J connectivity index is 1.81. The first-order valence-electron chi connectivity index (χ1n) is 10.2. The summed E-state index contributed by atoms with van der Waals surface area (Å²) in [5, 5.41) is 5.11. The van der Waals surface area contributed by atoms with E-state index in [1.807, 2.05) is 18.2 Å². The standard InChI is InChI=1S/C23H19ClN6O4/c1-28-11-18(20(24)27-28)30-19-14-7-12(5-6-16(14)25-10-17(19)29(2)23(30)32)13-8-15(22(31)34-4)21(33-3)26-9-13/h5-11H,1-4H3. The second-order valence-corrected chi connectivity index (χ2v) is 8.01. The number of nitrogens with zero attached hydrogens (tertiary/aromatic N) is 6. The van der Waals surface area contributed by atoms with Crippen LogP contribution in [0.2, 0.25) is 5.15 Å². The molecule has 10 nitrogen and oxygen atoms in total. The van der Waals surface area contributed by atoms with Gasteiger partial charge in [-0.2, -0.15) is 5.10 Å². The Kier molecular flexibility index (Phi) is 5.09. The minimum absolute atomic E-state index is 0.170. The van der Waals surface area contributed by atoms with E-state index in [1.54, 1.807) is 43.4 Å². The molecule has 0 fully saturated rings. The lowest BCUT2D eigenvalue weighted by atomic mass is 10.0. The summed E-state index contributed by atoms with van der Waals surface area (Å²) in [4.78, 5) is 34.2. The van der Waals surface area contributed by atoms with Gasteiger partial charge in [-0.1, -0.05) is 17.7 Å². The molecule has 0 bridgehead atoms. The van der Waals surface area contributed by atoms with Gasteiger partial charge in [0.25, 0.3) is 0 Å². The molecule has 0 atom stereocenters. The van der Waals surface area contributed by atoms with Gasteiger partial charge < -0.3 is 9.47 Å². The van der Waals surface area contributed by atoms with E-state index < -0.39 is 5.97 Å². The van der Waals surface area contributed by atoms with E-state index in [1.165, 1.54) is 23.4 Å². The topological polar surface area (TPSA) is 106 Å². The molecule has 11 heteroatoms. The van der Waals surface area contributed by atoms with Gasteiger partial charge in [-0.25, -0.2) is 14.6 Å². The maximum absolute atomic E-state index is 13.2. The first-order chi connectivity index (χ1) is 16.3. The van der Waals surface area contributed by atoms with Crippen molar-refractivity contribution in [2.45, 2.75) is 0 Å². The number of hydrogen-bond acceptors (Lipinski definition) is 7. The Bertz CT molecular complexity index is 1670. The third-order valence-electron chi connectivity index (χ3n) is 5.67. The highest BCUT2D eigenvalue weighted by Crippen LogP contribution is 2.32. The van der Waals surface area contributed by atoms with Gasteiger partial charge in [-0.3, -0.25) is 18.8 Å². The summed E-state index contributed by atoms with van der Waals surface area (Å²) in [6.45, 7) is 0. The predicted octanol–water partition coefficient (Wildman–Crippen LogP) is 3.12. The minimum Gasteiger partial charge on any atom is -0.480 e. The molecule has 0 N–H and O–H groups in total. The summed E-state index contributed by atoms with van der Waals surface area (Å²) in [6, 6.07) is 7.27. The summed E-state index contributed by atoms with van der Waals surface area (Å²) in [7, 11) is 6.15. The SMILES string of the molecule is COC(=O)c1cc(-c2ccc3ncc4c(c3c2)n(-c2cn(C)nc2Cl)c(=O)n4C)cnc1OC. The number of carbonyl (C=O) groups is 1. The fraction of sp³-hybridized carbons (Fsp3) is 0.174. The van der Waals surface area contributed by atoms with Gasteiger partial charge in [-0.15, -0.1) is 0 Å². The van der Waals surface area contributed by atoms with Gasteiger partial charge in [0.15, 0.2) is 5.15 Å². The smallest absolute Gasteiger partial charge is 0.343 e. The number of aromatic nitrogens is 6. The molecule has 0 spiro atoms. The summed E-state index contributed by atoms with van der Waals surface area (Å²) in [5.41, 5.74) is 3.80. The number of aryl methyl sites for hydroxylation is 2. The van der Waals surface area contributed by atoms with Crippen molar-refractivity contribution in [3.63, 3.8) is 0 Å². The molecule has 0 saturated heterocycles. The number of methoxy groups -OCH3 is 2. The average Bonchev–Trinajstić information content (AvgIpc) is 3.31. The zero-order chi connectivity index (χ0) is 24.1. The normalized spacial score (nSPS) is 11.3. The minimum atomic E-state index is -0.556. The lowest BCUT2D eigenvalue weighted by Crippen LogP contribution is -2.20. The number of imidazole rings is 1. The Morgan fingerprint density at radius 1 is 1.06 bits per heavy atom. The first-order valence-corrected chi connectivity index (χ1v) is 10.5. The monoisotopic (exact) mass is 478 g/mol. The lowest BCUT2D eigenvalue weighted by Gasteiger charge is -2.10. The van der Waals surface area contributed by atoms with Crippen molar-refractivity contribution >= 4 is 39.5 Å². The van der Waals surface area contributed by atoms with E-state index in [0.717, 1.165) is 10.9 Å². The van der Waals surface area contributed by atoms with Gasteiger partial charge in [-0.05, 0) is 23.8 Å². The molecule has 0 unspecified atom stereocenters. The van der Waals surface area contributed by atoms with Crippen molar-refractivity contribution in [3.05, 3.63) is 64.1 Å². The molecule has 0 aliphatic rings. The molecule has 4 heterocycles. The van der Waals surface area contributed by atoms with Crippen molar-refractivity contribution < 1.29 is 14.3 Å². The number of carbonyl (C=O) groups excluding carboxylic acids is 1. The molecule has 0 saturated carbocycles. The van der Waals surface area contributed by atoms with Gasteiger partial charge in [0.05, 0.1) is 43.2 Å². The van der Waals surface area contributed by atoms with Gasteiger partial charge in [0, 0.05) is 31.2 Å². The quantitative estimate of drug-likeness (QED) is 0.365. The van der Waals surface area contributed by atoms with E-state index >= 15 is 0 Å². The molecular formula is C23H19ClN6O4.